The number of ether oxygens (including phenoxy) is 1. The van der Waals surface area contributed by atoms with E-state index in [2.05, 4.69) is 35.1 Å². The van der Waals surface area contributed by atoms with Crippen LogP contribution in [0.2, 0.25) is 10.0 Å². The summed E-state index contributed by atoms with van der Waals surface area (Å²) >= 11 is 12.6. The van der Waals surface area contributed by atoms with E-state index >= 15 is 0 Å². The zero-order chi connectivity index (χ0) is 23.5. The van der Waals surface area contributed by atoms with Gasteiger partial charge in [0.2, 0.25) is 0 Å². The first-order chi connectivity index (χ1) is 15.8. The molecule has 6 heteroatoms. The van der Waals surface area contributed by atoms with Crippen molar-refractivity contribution >= 4 is 40.1 Å². The fourth-order valence-electron chi connectivity index (χ4n) is 4.98. The van der Waals surface area contributed by atoms with E-state index in [0.717, 1.165) is 29.6 Å². The number of aryl methyl sites for hydroxylation is 1. The van der Waals surface area contributed by atoms with Crippen LogP contribution in [0.1, 0.15) is 72.3 Å². The molecular formula is C27H32Cl2N2O2. The van der Waals surface area contributed by atoms with Gasteiger partial charge in [0.05, 0.1) is 5.56 Å². The van der Waals surface area contributed by atoms with Gasteiger partial charge in [-0.05, 0) is 70.0 Å². The molecule has 0 spiro atoms. The third-order valence-electron chi connectivity index (χ3n) is 6.90. The molecule has 33 heavy (non-hydrogen) atoms. The number of carbonyl (C=O) groups excluding carboxylic acids is 1. The first kappa shape index (κ1) is 24.1. The third kappa shape index (κ3) is 5.40. The molecule has 1 fully saturated rings. The Balaban J connectivity index is 1.51. The van der Waals surface area contributed by atoms with Gasteiger partial charge in [0.15, 0.2) is 0 Å². The predicted octanol–water partition coefficient (Wildman–Crippen LogP) is 7.51. The number of esters is 1. The van der Waals surface area contributed by atoms with Crippen molar-refractivity contribution in [3.8, 4) is 0 Å². The highest BCUT2D eigenvalue weighted by molar-refractivity contribution is 6.36. The number of aromatic nitrogens is 1. The SMILES string of the molecule is Cc1[nH]c2ccc(CCN(C)C3CCCCC3)cc2c1C(=O)OC(C)c1c(Cl)cccc1Cl. The predicted molar refractivity (Wildman–Crippen MR) is 137 cm³/mol. The van der Waals surface area contributed by atoms with E-state index in [4.69, 9.17) is 27.9 Å². The highest BCUT2D eigenvalue weighted by Gasteiger charge is 2.23. The Bertz CT molecular complexity index is 1110. The molecule has 1 N–H and O–H groups in total. The van der Waals surface area contributed by atoms with E-state index < -0.39 is 6.10 Å². The summed E-state index contributed by atoms with van der Waals surface area (Å²) in [6.07, 6.45) is 7.04. The maximum atomic E-state index is 13.2. The molecule has 4 rings (SSSR count). The maximum Gasteiger partial charge on any atom is 0.341 e. The van der Waals surface area contributed by atoms with Gasteiger partial charge in [-0.1, -0.05) is 54.6 Å². The minimum Gasteiger partial charge on any atom is -0.454 e. The molecule has 1 atom stereocenters. The smallest absolute Gasteiger partial charge is 0.341 e. The minimum absolute atomic E-state index is 0.376. The number of nitrogens with one attached hydrogen (secondary N) is 1. The Hall–Kier alpha value is -2.01. The summed E-state index contributed by atoms with van der Waals surface area (Å²) < 4.78 is 5.81. The Morgan fingerprint density at radius 2 is 1.85 bits per heavy atom. The summed E-state index contributed by atoms with van der Waals surface area (Å²) in [5.74, 6) is -0.376. The molecule has 0 amide bonds. The van der Waals surface area contributed by atoms with E-state index in [1.165, 1.54) is 37.7 Å². The number of fused-ring (bicyclic) bond motifs is 1. The molecule has 0 aliphatic heterocycles. The van der Waals surface area contributed by atoms with Crippen molar-refractivity contribution in [1.82, 2.24) is 9.88 Å². The van der Waals surface area contributed by atoms with Crippen LogP contribution in [0.3, 0.4) is 0 Å². The molecular weight excluding hydrogens is 455 g/mol. The molecule has 0 radical (unpaired) electrons. The van der Waals surface area contributed by atoms with Gasteiger partial charge in [-0.3, -0.25) is 0 Å². The van der Waals surface area contributed by atoms with Crippen LogP contribution < -0.4 is 0 Å². The molecule has 1 saturated carbocycles. The summed E-state index contributed by atoms with van der Waals surface area (Å²) in [7, 11) is 2.24. The van der Waals surface area contributed by atoms with Gasteiger partial charge < -0.3 is 14.6 Å². The first-order valence-electron chi connectivity index (χ1n) is 11.8. The number of hydrogen-bond donors (Lipinski definition) is 1. The molecule has 1 aliphatic carbocycles. The Morgan fingerprint density at radius 3 is 2.55 bits per heavy atom. The fraction of sp³-hybridized carbons (Fsp3) is 0.444. The molecule has 1 unspecified atom stereocenters. The van der Waals surface area contributed by atoms with Gasteiger partial charge >= 0.3 is 5.97 Å². The largest absolute Gasteiger partial charge is 0.454 e. The molecule has 3 aromatic rings. The van der Waals surface area contributed by atoms with Crippen molar-refractivity contribution in [3.05, 3.63) is 68.8 Å². The highest BCUT2D eigenvalue weighted by Crippen LogP contribution is 2.34. The monoisotopic (exact) mass is 486 g/mol. The van der Waals surface area contributed by atoms with Crippen LogP contribution in [0, 0.1) is 6.92 Å². The van der Waals surface area contributed by atoms with Crippen LogP contribution in [0.5, 0.6) is 0 Å². The Morgan fingerprint density at radius 1 is 1.15 bits per heavy atom. The summed E-state index contributed by atoms with van der Waals surface area (Å²) in [5.41, 5.74) is 4.15. The number of likely N-dealkylation sites (N-methyl/N-ethyl adjacent to an activating group) is 1. The van der Waals surface area contributed by atoms with Crippen LogP contribution in [0.25, 0.3) is 10.9 Å². The molecule has 1 heterocycles. The molecule has 0 bridgehead atoms. The second-order valence-corrected chi connectivity index (χ2v) is 10.0. The van der Waals surface area contributed by atoms with Gasteiger partial charge in [-0.2, -0.15) is 0 Å². The van der Waals surface area contributed by atoms with Crippen molar-refractivity contribution in [2.24, 2.45) is 0 Å². The topological polar surface area (TPSA) is 45.3 Å². The van der Waals surface area contributed by atoms with Gasteiger partial charge in [0.25, 0.3) is 0 Å². The third-order valence-corrected chi connectivity index (χ3v) is 7.56. The van der Waals surface area contributed by atoms with Gasteiger partial charge in [-0.25, -0.2) is 4.79 Å². The molecule has 0 saturated heterocycles. The Kier molecular flexibility index (Phi) is 7.68. The quantitative estimate of drug-likeness (QED) is 0.351. The summed E-state index contributed by atoms with van der Waals surface area (Å²) in [4.78, 5) is 19.0. The van der Waals surface area contributed by atoms with Crippen molar-refractivity contribution < 1.29 is 9.53 Å². The van der Waals surface area contributed by atoms with Gasteiger partial charge in [0.1, 0.15) is 6.10 Å². The number of halogens is 2. The molecule has 2 aromatic carbocycles. The lowest BCUT2D eigenvalue weighted by atomic mass is 9.94. The number of nitrogens with zero attached hydrogens (tertiary/aromatic N) is 1. The fourth-order valence-corrected chi connectivity index (χ4v) is 5.68. The minimum atomic E-state index is -0.560. The lowest BCUT2D eigenvalue weighted by Gasteiger charge is -2.31. The average molecular weight is 487 g/mol. The van der Waals surface area contributed by atoms with E-state index in [1.807, 2.05) is 6.92 Å². The van der Waals surface area contributed by atoms with Crippen molar-refractivity contribution in [2.45, 2.75) is 64.5 Å². The maximum absolute atomic E-state index is 13.2. The van der Waals surface area contributed by atoms with Crippen molar-refractivity contribution in [1.29, 1.82) is 0 Å². The second-order valence-electron chi connectivity index (χ2n) is 9.21. The number of aromatic amines is 1. The summed E-state index contributed by atoms with van der Waals surface area (Å²) in [6, 6.07) is 12.3. The van der Waals surface area contributed by atoms with Crippen molar-refractivity contribution in [3.63, 3.8) is 0 Å². The van der Waals surface area contributed by atoms with Crippen LogP contribution in [0.15, 0.2) is 36.4 Å². The zero-order valence-electron chi connectivity index (χ0n) is 19.6. The molecule has 176 valence electrons. The molecule has 1 aromatic heterocycles. The van der Waals surface area contributed by atoms with Gasteiger partial charge in [-0.15, -0.1) is 0 Å². The number of H-pyrrole nitrogens is 1. The summed E-state index contributed by atoms with van der Waals surface area (Å²) in [5, 5.41) is 1.87. The van der Waals surface area contributed by atoms with Crippen LogP contribution in [-0.4, -0.2) is 35.5 Å². The van der Waals surface area contributed by atoms with Crippen LogP contribution >= 0.6 is 23.2 Å². The van der Waals surface area contributed by atoms with Crippen molar-refractivity contribution in [2.75, 3.05) is 13.6 Å². The van der Waals surface area contributed by atoms with Gasteiger partial charge in [0, 0.05) is 44.8 Å². The highest BCUT2D eigenvalue weighted by atomic mass is 35.5. The lowest BCUT2D eigenvalue weighted by molar-refractivity contribution is 0.0340. The second kappa shape index (κ2) is 10.5. The lowest BCUT2D eigenvalue weighted by Crippen LogP contribution is -2.34. The standard InChI is InChI=1S/C27H32Cl2N2O2/c1-17-25(27(32)33-18(2)26-22(28)10-7-11-23(26)29)21-16-19(12-13-24(21)30-17)14-15-31(3)20-8-5-4-6-9-20/h7,10-13,16,18,20,30H,4-6,8-9,14-15H2,1-3H3. The van der Waals surface area contributed by atoms with E-state index in [9.17, 15) is 4.79 Å². The van der Waals surface area contributed by atoms with E-state index in [-0.39, 0.29) is 5.97 Å². The normalized spacial score (nSPS) is 15.8. The number of benzene rings is 2. The zero-order valence-corrected chi connectivity index (χ0v) is 21.1. The van der Waals surface area contributed by atoms with Crippen LogP contribution in [-0.2, 0) is 11.2 Å². The first-order valence-corrected chi connectivity index (χ1v) is 12.6. The van der Waals surface area contributed by atoms with E-state index in [0.29, 0.717) is 27.2 Å². The number of rotatable bonds is 7. The molecule has 1 aliphatic rings. The average Bonchev–Trinajstić information content (AvgIpc) is 3.13. The van der Waals surface area contributed by atoms with Crippen LogP contribution in [0.4, 0.5) is 0 Å². The summed E-state index contributed by atoms with van der Waals surface area (Å²) in [6.45, 7) is 4.71. The Labute approximate surface area is 206 Å². The number of carbonyl (C=O) groups is 1. The molecule has 4 nitrogen and oxygen atoms in total. The number of hydrogen-bond acceptors (Lipinski definition) is 3. The van der Waals surface area contributed by atoms with E-state index in [1.54, 1.807) is 25.1 Å².